The summed E-state index contributed by atoms with van der Waals surface area (Å²) in [5, 5.41) is 3.18. The largest absolute Gasteiger partial charge is 0.451 e. The second-order valence-corrected chi connectivity index (χ2v) is 13.5. The van der Waals surface area contributed by atoms with E-state index in [2.05, 4.69) is 59.8 Å². The molecule has 3 amide bonds. The molecule has 3 heterocycles. The number of nitrogens with zero attached hydrogens (tertiary/aromatic N) is 3. The Bertz CT molecular complexity index is 1620. The van der Waals surface area contributed by atoms with Crippen molar-refractivity contribution in [3.8, 4) is 0 Å². The van der Waals surface area contributed by atoms with Crippen molar-refractivity contribution in [2.24, 2.45) is 28.4 Å². The number of pyridine rings is 1. The molecule has 6 N–H and O–H groups in total. The van der Waals surface area contributed by atoms with E-state index >= 15 is 0 Å². The molecule has 11 nitrogen and oxygen atoms in total. The van der Waals surface area contributed by atoms with Gasteiger partial charge in [-0.05, 0) is 59.2 Å². The number of piperidine rings is 1. The number of primary amides is 1. The quantitative estimate of drug-likeness (QED) is 0.204. The van der Waals surface area contributed by atoms with E-state index in [1.165, 1.54) is 6.07 Å². The summed E-state index contributed by atoms with van der Waals surface area (Å²) in [4.78, 5) is 56.4. The minimum atomic E-state index is -4.52. The van der Waals surface area contributed by atoms with E-state index in [1.54, 1.807) is 6.07 Å². The van der Waals surface area contributed by atoms with E-state index in [-0.39, 0.29) is 23.2 Å². The van der Waals surface area contributed by atoms with Gasteiger partial charge >= 0.3 is 6.18 Å². The number of benzene rings is 1. The topological polar surface area (TPSA) is 177 Å². The molecule has 3 unspecified atom stereocenters. The summed E-state index contributed by atoms with van der Waals surface area (Å²) in [6.45, 7) is 27.0. The average Bonchev–Trinajstić information content (AvgIpc) is 3.37. The summed E-state index contributed by atoms with van der Waals surface area (Å²) >= 11 is 0. The summed E-state index contributed by atoms with van der Waals surface area (Å²) in [6.07, 6.45) is -2.41. The number of rotatable bonds is 6. The first-order chi connectivity index (χ1) is 24.2. The van der Waals surface area contributed by atoms with Crippen molar-refractivity contribution in [1.82, 2.24) is 25.2 Å². The van der Waals surface area contributed by atoms with Crippen molar-refractivity contribution >= 4 is 34.9 Å². The number of carbonyl (C=O) groups excluding carboxylic acids is 3. The molecule has 3 atom stereocenters. The van der Waals surface area contributed by atoms with Crippen molar-refractivity contribution in [1.29, 1.82) is 0 Å². The maximum Gasteiger partial charge on any atom is 0.451 e. The molecule has 1 aromatic carbocycles. The molecule has 1 saturated carbocycles. The summed E-state index contributed by atoms with van der Waals surface area (Å²) in [6, 6.07) is 7.67. The fourth-order valence-corrected chi connectivity index (χ4v) is 5.48. The van der Waals surface area contributed by atoms with Crippen LogP contribution in [0.2, 0.25) is 0 Å². The van der Waals surface area contributed by atoms with E-state index in [4.69, 9.17) is 11.5 Å². The zero-order chi connectivity index (χ0) is 40.6. The predicted octanol–water partition coefficient (Wildman–Crippen LogP) is 6.67. The van der Waals surface area contributed by atoms with E-state index in [1.807, 2.05) is 66.7 Å². The van der Waals surface area contributed by atoms with E-state index < -0.39 is 23.9 Å². The van der Waals surface area contributed by atoms with Gasteiger partial charge in [-0.1, -0.05) is 87.8 Å². The number of hydrogen-bond donors (Lipinski definition) is 4. The number of fused-ring (bicyclic) bond motifs is 2. The van der Waals surface area contributed by atoms with Crippen molar-refractivity contribution in [3.63, 3.8) is 0 Å². The summed E-state index contributed by atoms with van der Waals surface area (Å²) < 4.78 is 35.4. The third-order valence-corrected chi connectivity index (χ3v) is 8.20. The number of anilines is 1. The van der Waals surface area contributed by atoms with Gasteiger partial charge in [-0.3, -0.25) is 19.2 Å². The molecule has 2 aliphatic rings. The van der Waals surface area contributed by atoms with Gasteiger partial charge in [-0.2, -0.15) is 13.2 Å². The van der Waals surface area contributed by atoms with Crippen molar-refractivity contribution in [3.05, 3.63) is 63.8 Å². The molecule has 1 aliphatic heterocycles. The Kier molecular flexibility index (Phi) is 19.3. The Balaban J connectivity index is 0.000000723. The van der Waals surface area contributed by atoms with Gasteiger partial charge in [0.25, 0.3) is 5.56 Å². The molecule has 3 aromatic rings. The molecule has 2 aromatic heterocycles. The van der Waals surface area contributed by atoms with E-state index in [0.29, 0.717) is 29.7 Å². The maximum atomic E-state index is 12.0. The molecule has 5 rings (SSSR count). The normalized spacial score (nSPS) is 16.9. The Labute approximate surface area is 306 Å². The molecule has 1 saturated heterocycles. The zero-order valence-corrected chi connectivity index (χ0v) is 32.9. The minimum absolute atomic E-state index is 0.0628. The van der Waals surface area contributed by atoms with Crippen LogP contribution in [0.15, 0.2) is 41.3 Å². The van der Waals surface area contributed by atoms with Crippen LogP contribution in [0.4, 0.5) is 19.0 Å². The molecule has 14 heteroatoms. The lowest BCUT2D eigenvalue weighted by molar-refractivity contribution is -0.144. The Morgan fingerprint density at radius 2 is 1.60 bits per heavy atom. The van der Waals surface area contributed by atoms with Crippen LogP contribution in [0.1, 0.15) is 99.5 Å². The lowest BCUT2D eigenvalue weighted by Gasteiger charge is -2.26. The van der Waals surface area contributed by atoms with E-state index in [0.717, 1.165) is 47.6 Å². The molecule has 1 aliphatic carbocycles. The number of nitrogens with one attached hydrogen (secondary N) is 2. The van der Waals surface area contributed by atoms with Crippen LogP contribution >= 0.6 is 0 Å². The van der Waals surface area contributed by atoms with Crippen LogP contribution in [0.5, 0.6) is 0 Å². The summed E-state index contributed by atoms with van der Waals surface area (Å²) in [5.41, 5.74) is 12.7. The molecule has 52 heavy (non-hydrogen) atoms. The summed E-state index contributed by atoms with van der Waals surface area (Å²) in [5.74, 6) is -0.168. The number of aromatic nitrogens is 3. The number of likely N-dealkylation sites (tertiary alicyclic amines) is 1. The number of halogens is 3. The van der Waals surface area contributed by atoms with Crippen molar-refractivity contribution < 1.29 is 27.6 Å². The Morgan fingerprint density at radius 3 is 2.04 bits per heavy atom. The van der Waals surface area contributed by atoms with Crippen molar-refractivity contribution in [2.45, 2.75) is 108 Å². The van der Waals surface area contributed by atoms with Gasteiger partial charge in [0, 0.05) is 43.2 Å². The highest BCUT2D eigenvalue weighted by molar-refractivity contribution is 5.83. The number of H-pyrrole nitrogens is 1. The number of aromatic amines is 1. The van der Waals surface area contributed by atoms with Crippen LogP contribution < -0.4 is 22.3 Å². The molecule has 2 fully saturated rings. The molecule has 0 radical (unpaired) electrons. The first kappa shape index (κ1) is 47.5. The number of aryl methyl sites for hydroxylation is 1. The molecular weight excluding hydrogens is 675 g/mol. The number of nitrogens with two attached hydrogens (primary N) is 2. The zero-order valence-electron chi connectivity index (χ0n) is 32.9. The maximum absolute atomic E-state index is 12.0. The summed E-state index contributed by atoms with van der Waals surface area (Å²) in [7, 11) is 0. The van der Waals surface area contributed by atoms with Gasteiger partial charge in [-0.15, -0.1) is 0 Å². The second-order valence-electron chi connectivity index (χ2n) is 13.5. The van der Waals surface area contributed by atoms with Gasteiger partial charge in [0.1, 0.15) is 11.9 Å². The number of alkyl halides is 3. The third-order valence-electron chi connectivity index (χ3n) is 8.20. The average molecular weight is 736 g/mol. The fraction of sp³-hybridized carbons (Fsp3) is 0.579. The lowest BCUT2D eigenvalue weighted by atomic mass is 9.91. The van der Waals surface area contributed by atoms with Gasteiger partial charge in [0.15, 0.2) is 0 Å². The van der Waals surface area contributed by atoms with E-state index in [9.17, 15) is 32.3 Å². The number of amides is 3. The SMILES string of the molecule is CC.CC.CC.CC(C)(C)CC(=O)N1CC2C(C1)C2(C)C.Cc1ccc2[nH]c(=O)c(CC(NC=O)C(N)=O)cc2c1.Nc1ccnc(C(F)(F)F)n1. The molecular formula is C38H60F3N7O4. The Morgan fingerprint density at radius 1 is 1.04 bits per heavy atom. The van der Waals surface area contributed by atoms with Gasteiger partial charge in [0.2, 0.25) is 24.0 Å². The van der Waals surface area contributed by atoms with Crippen LogP contribution in [0, 0.1) is 29.6 Å². The highest BCUT2D eigenvalue weighted by atomic mass is 19.4. The standard InChI is InChI=1S/C14H15N3O3.C13H23NO.C5H4F3N3.3C2H6/c1-8-2-3-11-9(4-8)5-10(14(20)17-11)6-12(13(15)19)16-7-18;1-12(2,3)6-11(15)14-7-9-10(8-14)13(9,4)5;6-5(7,8)4-10-2-1-3(9)11-4;3*1-2/h2-5,7,12H,6H2,1H3,(H2,15,19)(H,16,18)(H,17,20);9-10H,6-8H2,1-5H3;1-2H,(H2,9,10,11);3*1-2H3. The molecule has 0 spiro atoms. The predicted molar refractivity (Wildman–Crippen MR) is 202 cm³/mol. The number of carbonyl (C=O) groups is 3. The van der Waals surface area contributed by atoms with Crippen LogP contribution in [0.3, 0.4) is 0 Å². The van der Waals surface area contributed by atoms with Gasteiger partial charge in [0.05, 0.1) is 0 Å². The minimum Gasteiger partial charge on any atom is -0.384 e. The highest BCUT2D eigenvalue weighted by Crippen LogP contribution is 2.62. The highest BCUT2D eigenvalue weighted by Gasteiger charge is 2.62. The number of hydrogen-bond acceptors (Lipinski definition) is 7. The molecule has 0 bridgehead atoms. The smallest absolute Gasteiger partial charge is 0.384 e. The fourth-order valence-electron chi connectivity index (χ4n) is 5.48. The third kappa shape index (κ3) is 14.6. The van der Waals surface area contributed by atoms with Crippen molar-refractivity contribution in [2.75, 3.05) is 18.8 Å². The van der Waals surface area contributed by atoms with Gasteiger partial charge < -0.3 is 26.7 Å². The first-order valence-electron chi connectivity index (χ1n) is 17.8. The van der Waals surface area contributed by atoms with Gasteiger partial charge in [-0.25, -0.2) is 9.97 Å². The monoisotopic (exact) mass is 735 g/mol. The first-order valence-corrected chi connectivity index (χ1v) is 17.8. The van der Waals surface area contributed by atoms with Crippen LogP contribution in [0.25, 0.3) is 10.9 Å². The van der Waals surface area contributed by atoms with Crippen LogP contribution in [-0.2, 0) is 27.0 Å². The second kappa shape index (κ2) is 21.1. The molecule has 292 valence electrons. The lowest BCUT2D eigenvalue weighted by Crippen LogP contribution is -2.43. The van der Waals surface area contributed by atoms with Crippen LogP contribution in [-0.4, -0.2) is 57.2 Å². The number of nitrogen functional groups attached to an aromatic ring is 1. The Hall–Kier alpha value is -4.49.